The van der Waals surface area contributed by atoms with Crippen molar-refractivity contribution in [2.75, 3.05) is 11.1 Å². The van der Waals surface area contributed by atoms with Crippen LogP contribution in [0.4, 0.5) is 5.69 Å². The van der Waals surface area contributed by atoms with E-state index < -0.39 is 15.8 Å². The van der Waals surface area contributed by atoms with Gasteiger partial charge in [0.15, 0.2) is 9.84 Å². The smallest absolute Gasteiger partial charge is 0.236 e. The Hall–Kier alpha value is -3.38. The first kappa shape index (κ1) is 19.9. The molecule has 0 aromatic heterocycles. The van der Waals surface area contributed by atoms with Crippen molar-refractivity contribution in [1.29, 1.82) is 0 Å². The minimum absolute atomic E-state index is 0.149. The normalized spacial score (nSPS) is 13.0. The van der Waals surface area contributed by atoms with Gasteiger partial charge in [0, 0.05) is 16.8 Å². The third kappa shape index (κ3) is 3.62. The average molecular weight is 420 g/mol. The first-order valence-corrected chi connectivity index (χ1v) is 11.2. The fourth-order valence-electron chi connectivity index (χ4n) is 3.58. The maximum absolute atomic E-state index is 13.4. The van der Waals surface area contributed by atoms with Crippen molar-refractivity contribution < 1.29 is 17.9 Å². The van der Waals surface area contributed by atoms with E-state index in [1.54, 1.807) is 12.1 Å². The lowest BCUT2D eigenvalue weighted by atomic mass is 9.87. The van der Waals surface area contributed by atoms with E-state index in [1.807, 2.05) is 55.5 Å². The molecule has 0 spiro atoms. The molecule has 0 saturated heterocycles. The molecule has 3 aromatic carbocycles. The molecule has 1 heterocycles. The quantitative estimate of drug-likeness (QED) is 0.601. The number of anilines is 1. The second kappa shape index (κ2) is 7.80. The number of fused-ring (bicyclic) bond motifs is 2. The van der Waals surface area contributed by atoms with Gasteiger partial charge in [-0.25, -0.2) is 8.42 Å². The van der Waals surface area contributed by atoms with E-state index >= 15 is 0 Å². The van der Waals surface area contributed by atoms with Gasteiger partial charge in [0.25, 0.3) is 0 Å². The summed E-state index contributed by atoms with van der Waals surface area (Å²) in [6.07, 6.45) is 1.35. The molecule has 1 aliphatic rings. The summed E-state index contributed by atoms with van der Waals surface area (Å²) in [6.45, 7) is 5.33. The third-order valence-electron chi connectivity index (χ3n) is 5.11. The van der Waals surface area contributed by atoms with Gasteiger partial charge in [0.1, 0.15) is 11.5 Å². The molecule has 0 bridgehead atoms. The second-order valence-electron chi connectivity index (χ2n) is 7.15. The first-order valence-electron chi connectivity index (χ1n) is 9.51. The summed E-state index contributed by atoms with van der Waals surface area (Å²) >= 11 is 0. The van der Waals surface area contributed by atoms with Crippen LogP contribution in [0.2, 0.25) is 0 Å². The molecule has 0 aliphatic carbocycles. The van der Waals surface area contributed by atoms with Crippen molar-refractivity contribution in [3.63, 3.8) is 0 Å². The van der Waals surface area contributed by atoms with Gasteiger partial charge in [-0.1, -0.05) is 48.5 Å². The van der Waals surface area contributed by atoms with Crippen LogP contribution in [0, 0.1) is 6.92 Å². The molecule has 152 valence electrons. The van der Waals surface area contributed by atoms with Gasteiger partial charge < -0.3 is 10.1 Å². The Bertz CT molecular complexity index is 1200. The molecule has 0 unspecified atom stereocenters. The topological polar surface area (TPSA) is 72.5 Å². The number of rotatable bonds is 5. The number of nitrogens with one attached hydrogen (secondary N) is 1. The van der Waals surface area contributed by atoms with Crippen LogP contribution >= 0.6 is 0 Å². The highest BCUT2D eigenvalue weighted by atomic mass is 32.2. The molecule has 6 heteroatoms. The molecular formula is C24H21NO4S. The van der Waals surface area contributed by atoms with Crippen LogP contribution in [0.3, 0.4) is 0 Å². The van der Waals surface area contributed by atoms with Crippen LogP contribution in [0.5, 0.6) is 11.5 Å². The summed E-state index contributed by atoms with van der Waals surface area (Å²) < 4.78 is 30.8. The molecule has 0 fully saturated rings. The van der Waals surface area contributed by atoms with Gasteiger partial charge in [-0.2, -0.15) is 0 Å². The highest BCUT2D eigenvalue weighted by Crippen LogP contribution is 2.44. The number of hydrogen-bond acceptors (Lipinski definition) is 4. The largest absolute Gasteiger partial charge is 0.457 e. The van der Waals surface area contributed by atoms with E-state index in [9.17, 15) is 13.2 Å². The van der Waals surface area contributed by atoms with Gasteiger partial charge in [-0.05, 0) is 36.8 Å². The molecule has 0 radical (unpaired) electrons. The SMILES string of the molecule is C=CCS(=O)(=O)c1ccc(C)c(NC(=O)C2c3ccccc3Oc3ccccc32)c1. The molecule has 30 heavy (non-hydrogen) atoms. The Morgan fingerprint density at radius 1 is 1.03 bits per heavy atom. The highest BCUT2D eigenvalue weighted by molar-refractivity contribution is 7.91. The van der Waals surface area contributed by atoms with E-state index in [4.69, 9.17) is 4.74 Å². The van der Waals surface area contributed by atoms with Gasteiger partial charge >= 0.3 is 0 Å². The lowest BCUT2D eigenvalue weighted by Gasteiger charge is -2.27. The Labute approximate surface area is 175 Å². The molecule has 0 saturated carbocycles. The van der Waals surface area contributed by atoms with E-state index in [1.165, 1.54) is 12.1 Å². The molecule has 0 atom stereocenters. The van der Waals surface area contributed by atoms with Crippen molar-refractivity contribution in [3.8, 4) is 11.5 Å². The molecule has 3 aromatic rings. The number of benzene rings is 3. The van der Waals surface area contributed by atoms with Gasteiger partial charge in [-0.15, -0.1) is 6.58 Å². The van der Waals surface area contributed by atoms with Crippen molar-refractivity contribution in [3.05, 3.63) is 96.1 Å². The number of carbonyl (C=O) groups excluding carboxylic acids is 1. The predicted octanol–water partition coefficient (Wildman–Crippen LogP) is 4.83. The molecule has 5 nitrogen and oxygen atoms in total. The summed E-state index contributed by atoms with van der Waals surface area (Å²) in [4.78, 5) is 13.5. The van der Waals surface area contributed by atoms with E-state index in [-0.39, 0.29) is 16.6 Å². The summed E-state index contributed by atoms with van der Waals surface area (Å²) in [5.74, 6) is 0.286. The Morgan fingerprint density at radius 2 is 1.63 bits per heavy atom. The predicted molar refractivity (Wildman–Crippen MR) is 117 cm³/mol. The Balaban J connectivity index is 1.73. The number of aryl methyl sites for hydroxylation is 1. The van der Waals surface area contributed by atoms with Gasteiger partial charge in [0.05, 0.1) is 16.6 Å². The summed E-state index contributed by atoms with van der Waals surface area (Å²) in [5.41, 5.74) is 2.77. The van der Waals surface area contributed by atoms with Crippen LogP contribution in [0.15, 0.2) is 84.3 Å². The van der Waals surface area contributed by atoms with Crippen molar-refractivity contribution >= 4 is 21.4 Å². The number of hydrogen-bond donors (Lipinski definition) is 1. The highest BCUT2D eigenvalue weighted by Gasteiger charge is 2.32. The van der Waals surface area contributed by atoms with Crippen LogP contribution in [-0.4, -0.2) is 20.1 Å². The van der Waals surface area contributed by atoms with E-state index in [0.717, 1.165) is 16.7 Å². The monoisotopic (exact) mass is 419 g/mol. The summed E-state index contributed by atoms with van der Waals surface area (Å²) in [7, 11) is -3.50. The second-order valence-corrected chi connectivity index (χ2v) is 9.18. The molecule has 1 N–H and O–H groups in total. The molecule has 1 amide bonds. The van der Waals surface area contributed by atoms with Crippen molar-refractivity contribution in [2.24, 2.45) is 0 Å². The third-order valence-corrected chi connectivity index (χ3v) is 6.75. The minimum atomic E-state index is -3.50. The number of carbonyl (C=O) groups is 1. The van der Waals surface area contributed by atoms with Crippen LogP contribution in [-0.2, 0) is 14.6 Å². The van der Waals surface area contributed by atoms with E-state index in [0.29, 0.717) is 17.2 Å². The number of amides is 1. The van der Waals surface area contributed by atoms with Gasteiger partial charge in [0.2, 0.25) is 5.91 Å². The number of para-hydroxylation sites is 2. The van der Waals surface area contributed by atoms with Crippen molar-refractivity contribution in [1.82, 2.24) is 0 Å². The maximum atomic E-state index is 13.4. The van der Waals surface area contributed by atoms with Gasteiger partial charge in [-0.3, -0.25) is 4.79 Å². The fraction of sp³-hybridized carbons (Fsp3) is 0.125. The average Bonchev–Trinajstić information content (AvgIpc) is 2.73. The zero-order chi connectivity index (χ0) is 21.3. The Morgan fingerprint density at radius 3 is 2.23 bits per heavy atom. The fourth-order valence-corrected chi connectivity index (χ4v) is 4.65. The van der Waals surface area contributed by atoms with Crippen LogP contribution in [0.25, 0.3) is 0 Å². The molecular weight excluding hydrogens is 398 g/mol. The molecule has 4 rings (SSSR count). The van der Waals surface area contributed by atoms with Crippen LogP contribution < -0.4 is 10.1 Å². The number of sulfone groups is 1. The summed E-state index contributed by atoms with van der Waals surface area (Å²) in [6, 6.07) is 19.6. The zero-order valence-electron chi connectivity index (χ0n) is 16.5. The Kier molecular flexibility index (Phi) is 5.18. The standard InChI is InChI=1S/C24H21NO4S/c1-3-14-30(27,28)17-13-12-16(2)20(15-17)25-24(26)23-18-8-4-6-10-21(18)29-22-11-7-5-9-19(22)23/h3-13,15,23H,1,14H2,2H3,(H,25,26). The van der Waals surface area contributed by atoms with Crippen LogP contribution in [0.1, 0.15) is 22.6 Å². The minimum Gasteiger partial charge on any atom is -0.457 e. The summed E-state index contributed by atoms with van der Waals surface area (Å²) in [5, 5.41) is 2.93. The maximum Gasteiger partial charge on any atom is 0.236 e. The molecule has 1 aliphatic heterocycles. The lowest BCUT2D eigenvalue weighted by molar-refractivity contribution is -0.116. The zero-order valence-corrected chi connectivity index (χ0v) is 17.3. The van der Waals surface area contributed by atoms with E-state index in [2.05, 4.69) is 11.9 Å². The lowest BCUT2D eigenvalue weighted by Crippen LogP contribution is -2.25. The number of ether oxygens (including phenoxy) is 1. The van der Waals surface area contributed by atoms with Crippen molar-refractivity contribution in [2.45, 2.75) is 17.7 Å². The first-order chi connectivity index (χ1) is 14.4.